The molecule has 0 aromatic heterocycles. The number of alkyl halides is 2. The zero-order valence-electron chi connectivity index (χ0n) is 9.33. The molecular formula is C11H12ClF2NO3. The highest BCUT2D eigenvalue weighted by molar-refractivity contribution is 6.33. The van der Waals surface area contributed by atoms with E-state index in [1.807, 2.05) is 0 Å². The first-order valence-corrected chi connectivity index (χ1v) is 5.51. The van der Waals surface area contributed by atoms with E-state index in [4.69, 9.17) is 16.7 Å². The molecule has 0 amide bonds. The molecule has 0 heterocycles. The van der Waals surface area contributed by atoms with E-state index in [9.17, 15) is 13.6 Å². The number of ether oxygens (including phenoxy) is 1. The lowest BCUT2D eigenvalue weighted by Gasteiger charge is -2.08. The molecule has 0 unspecified atom stereocenters. The van der Waals surface area contributed by atoms with Crippen molar-refractivity contribution >= 4 is 23.3 Å². The predicted molar refractivity (Wildman–Crippen MR) is 63.7 cm³/mol. The Kier molecular flexibility index (Phi) is 5.80. The molecule has 0 aliphatic rings. The van der Waals surface area contributed by atoms with Crippen molar-refractivity contribution in [2.45, 2.75) is 6.43 Å². The number of carboxylic acid groups (broad SMARTS) is 1. The third kappa shape index (κ3) is 4.85. The van der Waals surface area contributed by atoms with Crippen LogP contribution in [0.25, 0.3) is 0 Å². The molecule has 0 fully saturated rings. The fraction of sp³-hybridized carbons (Fsp3) is 0.364. The van der Waals surface area contributed by atoms with Crippen molar-refractivity contribution in [3.05, 3.63) is 28.8 Å². The average molecular weight is 280 g/mol. The summed E-state index contributed by atoms with van der Waals surface area (Å²) in [5.41, 5.74) is 0.613. The quantitative estimate of drug-likeness (QED) is 0.754. The monoisotopic (exact) mass is 279 g/mol. The van der Waals surface area contributed by atoms with Gasteiger partial charge in [0, 0.05) is 12.2 Å². The Morgan fingerprint density at radius 2 is 2.22 bits per heavy atom. The van der Waals surface area contributed by atoms with Crippen LogP contribution in [0.3, 0.4) is 0 Å². The summed E-state index contributed by atoms with van der Waals surface area (Å²) in [5, 5.41) is 11.7. The summed E-state index contributed by atoms with van der Waals surface area (Å²) in [6.07, 6.45) is -2.48. The molecule has 0 saturated carbocycles. The number of anilines is 1. The summed E-state index contributed by atoms with van der Waals surface area (Å²) < 4.78 is 28.1. The lowest BCUT2D eigenvalue weighted by atomic mass is 10.2. The van der Waals surface area contributed by atoms with Crippen molar-refractivity contribution in [3.8, 4) is 0 Å². The molecule has 7 heteroatoms. The second-order valence-corrected chi connectivity index (χ2v) is 3.80. The second-order valence-electron chi connectivity index (χ2n) is 3.39. The Morgan fingerprint density at radius 1 is 1.50 bits per heavy atom. The first-order chi connectivity index (χ1) is 8.50. The molecule has 0 radical (unpaired) electrons. The zero-order valence-corrected chi connectivity index (χ0v) is 10.1. The molecule has 4 nitrogen and oxygen atoms in total. The number of hydrogen-bond donors (Lipinski definition) is 2. The van der Waals surface area contributed by atoms with Gasteiger partial charge in [-0.1, -0.05) is 11.6 Å². The number of nitrogens with one attached hydrogen (secondary N) is 1. The smallest absolute Gasteiger partial charge is 0.337 e. The van der Waals surface area contributed by atoms with Crippen LogP contribution in [0.4, 0.5) is 14.5 Å². The largest absolute Gasteiger partial charge is 0.478 e. The van der Waals surface area contributed by atoms with Gasteiger partial charge in [-0.25, -0.2) is 13.6 Å². The van der Waals surface area contributed by atoms with Crippen molar-refractivity contribution in [2.75, 3.05) is 25.1 Å². The Morgan fingerprint density at radius 3 is 2.78 bits per heavy atom. The van der Waals surface area contributed by atoms with E-state index in [2.05, 4.69) is 10.1 Å². The molecule has 2 N–H and O–H groups in total. The summed E-state index contributed by atoms with van der Waals surface area (Å²) in [6, 6.07) is 4.37. The maximum absolute atomic E-state index is 11.7. The summed E-state index contributed by atoms with van der Waals surface area (Å²) in [6.45, 7) is -0.140. The third-order valence-electron chi connectivity index (χ3n) is 2.02. The van der Waals surface area contributed by atoms with E-state index in [1.54, 1.807) is 6.07 Å². The number of hydrogen-bond acceptors (Lipinski definition) is 3. The van der Waals surface area contributed by atoms with E-state index in [0.717, 1.165) is 0 Å². The van der Waals surface area contributed by atoms with Crippen LogP contribution in [0.5, 0.6) is 0 Å². The highest BCUT2D eigenvalue weighted by Gasteiger charge is 2.08. The van der Waals surface area contributed by atoms with Gasteiger partial charge in [-0.15, -0.1) is 0 Å². The molecule has 18 heavy (non-hydrogen) atoms. The van der Waals surface area contributed by atoms with E-state index in [0.29, 0.717) is 12.2 Å². The van der Waals surface area contributed by atoms with Gasteiger partial charge in [-0.05, 0) is 18.2 Å². The van der Waals surface area contributed by atoms with Gasteiger partial charge < -0.3 is 15.2 Å². The van der Waals surface area contributed by atoms with Crippen molar-refractivity contribution < 1.29 is 23.4 Å². The standard InChI is InChI=1S/C11H12ClF2NO3/c12-9-5-7(1-2-8(9)11(16)17)15-3-4-18-6-10(13)14/h1-2,5,10,15H,3-4,6H2,(H,16,17). The minimum atomic E-state index is -2.48. The van der Waals surface area contributed by atoms with Crippen LogP contribution >= 0.6 is 11.6 Å². The molecule has 0 bridgehead atoms. The summed E-state index contributed by atoms with van der Waals surface area (Å²) in [5.74, 6) is -1.10. The minimum Gasteiger partial charge on any atom is -0.478 e. The van der Waals surface area contributed by atoms with E-state index < -0.39 is 19.0 Å². The van der Waals surface area contributed by atoms with Gasteiger partial charge in [0.15, 0.2) is 0 Å². The highest BCUT2D eigenvalue weighted by Crippen LogP contribution is 2.20. The van der Waals surface area contributed by atoms with Crippen LogP contribution in [-0.2, 0) is 4.74 Å². The maximum Gasteiger partial charge on any atom is 0.337 e. The predicted octanol–water partition coefficient (Wildman–Crippen LogP) is 2.73. The van der Waals surface area contributed by atoms with Gasteiger partial charge in [0.05, 0.1) is 17.2 Å². The first kappa shape index (κ1) is 14.7. The fourth-order valence-corrected chi connectivity index (χ4v) is 1.50. The Labute approximate surface area is 108 Å². The van der Waals surface area contributed by atoms with Crippen LogP contribution in [0.2, 0.25) is 5.02 Å². The van der Waals surface area contributed by atoms with E-state index in [1.165, 1.54) is 12.1 Å². The first-order valence-electron chi connectivity index (χ1n) is 5.13. The Bertz CT molecular complexity index is 415. The van der Waals surface area contributed by atoms with Gasteiger partial charge in [0.1, 0.15) is 6.61 Å². The molecule has 0 spiro atoms. The van der Waals surface area contributed by atoms with Crippen LogP contribution in [-0.4, -0.2) is 37.3 Å². The number of halogens is 3. The molecule has 100 valence electrons. The fourth-order valence-electron chi connectivity index (χ4n) is 1.24. The van der Waals surface area contributed by atoms with Crippen molar-refractivity contribution in [1.82, 2.24) is 0 Å². The SMILES string of the molecule is O=C(O)c1ccc(NCCOCC(F)F)cc1Cl. The maximum atomic E-state index is 11.7. The molecule has 0 aliphatic carbocycles. The van der Waals surface area contributed by atoms with Crippen LogP contribution in [0, 0.1) is 0 Å². The van der Waals surface area contributed by atoms with Gasteiger partial charge in [0.2, 0.25) is 0 Å². The minimum absolute atomic E-state index is 0.0103. The highest BCUT2D eigenvalue weighted by atomic mass is 35.5. The lowest BCUT2D eigenvalue weighted by molar-refractivity contribution is 0.0215. The number of benzene rings is 1. The van der Waals surface area contributed by atoms with Crippen LogP contribution in [0.1, 0.15) is 10.4 Å². The molecule has 1 rings (SSSR count). The zero-order chi connectivity index (χ0) is 13.5. The second kappa shape index (κ2) is 7.13. The molecule has 0 aliphatic heterocycles. The Hall–Kier alpha value is -1.40. The average Bonchev–Trinajstić information content (AvgIpc) is 2.27. The van der Waals surface area contributed by atoms with Crippen molar-refractivity contribution in [1.29, 1.82) is 0 Å². The summed E-state index contributed by atoms with van der Waals surface area (Å²) in [4.78, 5) is 10.7. The van der Waals surface area contributed by atoms with Gasteiger partial charge >= 0.3 is 5.97 Å². The van der Waals surface area contributed by atoms with Crippen LogP contribution in [0.15, 0.2) is 18.2 Å². The molecule has 0 saturated heterocycles. The molecule has 1 aromatic rings. The summed E-state index contributed by atoms with van der Waals surface area (Å²) in [7, 11) is 0. The molecule has 1 aromatic carbocycles. The third-order valence-corrected chi connectivity index (χ3v) is 2.33. The van der Waals surface area contributed by atoms with Gasteiger partial charge in [-0.2, -0.15) is 0 Å². The van der Waals surface area contributed by atoms with Crippen molar-refractivity contribution in [3.63, 3.8) is 0 Å². The number of carbonyl (C=O) groups is 1. The molecular weight excluding hydrogens is 268 g/mol. The number of rotatable bonds is 7. The lowest BCUT2D eigenvalue weighted by Crippen LogP contribution is -2.13. The number of carboxylic acids is 1. The number of aromatic carboxylic acids is 1. The van der Waals surface area contributed by atoms with E-state index in [-0.39, 0.29) is 17.2 Å². The summed E-state index contributed by atoms with van der Waals surface area (Å²) >= 11 is 5.75. The van der Waals surface area contributed by atoms with Gasteiger partial charge in [0.25, 0.3) is 6.43 Å². The van der Waals surface area contributed by atoms with Crippen molar-refractivity contribution in [2.24, 2.45) is 0 Å². The normalized spacial score (nSPS) is 10.7. The van der Waals surface area contributed by atoms with Gasteiger partial charge in [-0.3, -0.25) is 0 Å². The Balaban J connectivity index is 2.39. The molecule has 0 atom stereocenters. The topological polar surface area (TPSA) is 58.6 Å². The van der Waals surface area contributed by atoms with E-state index >= 15 is 0 Å². The van der Waals surface area contributed by atoms with Crippen LogP contribution < -0.4 is 5.32 Å².